The van der Waals surface area contributed by atoms with Gasteiger partial charge in [0, 0.05) is 13.2 Å². The van der Waals surface area contributed by atoms with Crippen molar-refractivity contribution < 1.29 is 9.15 Å². The van der Waals surface area contributed by atoms with Crippen molar-refractivity contribution in [2.24, 2.45) is 0 Å². The van der Waals surface area contributed by atoms with Crippen LogP contribution in [0.1, 0.15) is 19.1 Å². The molecular formula is C10H17NO2. The molecule has 0 spiro atoms. The molecule has 0 amide bonds. The first-order valence-corrected chi connectivity index (χ1v) is 4.61. The third-order valence-corrected chi connectivity index (χ3v) is 2.01. The molecule has 0 radical (unpaired) electrons. The predicted octanol–water partition coefficient (Wildman–Crippen LogP) is 1.79. The summed E-state index contributed by atoms with van der Waals surface area (Å²) in [6.07, 6.45) is 2.75. The third kappa shape index (κ3) is 3.61. The van der Waals surface area contributed by atoms with E-state index in [2.05, 4.69) is 12.2 Å². The molecule has 1 rings (SSSR count). The Morgan fingerprint density at radius 2 is 2.46 bits per heavy atom. The van der Waals surface area contributed by atoms with E-state index in [1.165, 1.54) is 0 Å². The molecular weight excluding hydrogens is 166 g/mol. The third-order valence-electron chi connectivity index (χ3n) is 2.01. The maximum absolute atomic E-state index is 5.20. The highest BCUT2D eigenvalue weighted by Gasteiger charge is 2.04. The van der Waals surface area contributed by atoms with Gasteiger partial charge in [0.25, 0.3) is 0 Å². The first-order valence-electron chi connectivity index (χ1n) is 4.61. The Morgan fingerprint density at radius 3 is 3.00 bits per heavy atom. The van der Waals surface area contributed by atoms with E-state index in [4.69, 9.17) is 9.15 Å². The van der Waals surface area contributed by atoms with Gasteiger partial charge in [0.1, 0.15) is 5.76 Å². The minimum Gasteiger partial charge on any atom is -0.468 e. The van der Waals surface area contributed by atoms with Crippen LogP contribution < -0.4 is 5.32 Å². The molecule has 1 aromatic rings. The van der Waals surface area contributed by atoms with Crippen LogP contribution in [0.3, 0.4) is 0 Å². The first-order chi connectivity index (χ1) is 6.36. The van der Waals surface area contributed by atoms with Crippen LogP contribution in [0.25, 0.3) is 0 Å². The summed E-state index contributed by atoms with van der Waals surface area (Å²) in [6, 6.07) is 4.27. The van der Waals surface area contributed by atoms with Crippen molar-refractivity contribution in [2.45, 2.75) is 25.9 Å². The second-order valence-corrected chi connectivity index (χ2v) is 3.02. The number of hydrogen-bond acceptors (Lipinski definition) is 3. The van der Waals surface area contributed by atoms with Gasteiger partial charge in [-0.05, 0) is 18.6 Å². The molecule has 1 N–H and O–H groups in total. The summed E-state index contributed by atoms with van der Waals surface area (Å²) in [5.74, 6) is 0.967. The van der Waals surface area contributed by atoms with Gasteiger partial charge in [-0.3, -0.25) is 0 Å². The molecule has 1 aromatic heterocycles. The molecule has 13 heavy (non-hydrogen) atoms. The van der Waals surface area contributed by atoms with E-state index in [9.17, 15) is 0 Å². The van der Waals surface area contributed by atoms with Crippen molar-refractivity contribution in [1.29, 1.82) is 0 Å². The zero-order valence-corrected chi connectivity index (χ0v) is 8.25. The van der Waals surface area contributed by atoms with E-state index in [1.54, 1.807) is 13.4 Å². The molecule has 0 aliphatic heterocycles. The van der Waals surface area contributed by atoms with Gasteiger partial charge >= 0.3 is 0 Å². The summed E-state index contributed by atoms with van der Waals surface area (Å²) in [5.41, 5.74) is 0. The highest BCUT2D eigenvalue weighted by molar-refractivity contribution is 4.97. The molecule has 0 unspecified atom stereocenters. The summed E-state index contributed by atoms with van der Waals surface area (Å²) >= 11 is 0. The van der Waals surface area contributed by atoms with Gasteiger partial charge in [0.05, 0.1) is 19.4 Å². The van der Waals surface area contributed by atoms with Crippen molar-refractivity contribution in [2.75, 3.05) is 13.7 Å². The molecule has 1 atom stereocenters. The molecule has 0 bridgehead atoms. The van der Waals surface area contributed by atoms with Crippen molar-refractivity contribution in [3.63, 3.8) is 0 Å². The van der Waals surface area contributed by atoms with E-state index < -0.39 is 0 Å². The maximum atomic E-state index is 5.20. The maximum Gasteiger partial charge on any atom is 0.117 e. The lowest BCUT2D eigenvalue weighted by Crippen LogP contribution is -2.31. The Labute approximate surface area is 79.1 Å². The Bertz CT molecular complexity index is 209. The quantitative estimate of drug-likeness (QED) is 0.730. The molecule has 74 valence electrons. The number of ether oxygens (including phenoxy) is 1. The number of rotatable bonds is 6. The van der Waals surface area contributed by atoms with Gasteiger partial charge in [-0.15, -0.1) is 0 Å². The van der Waals surface area contributed by atoms with E-state index in [-0.39, 0.29) is 0 Å². The Hall–Kier alpha value is -0.800. The van der Waals surface area contributed by atoms with Crippen LogP contribution >= 0.6 is 0 Å². The Kier molecular flexibility index (Phi) is 4.57. The number of hydrogen-bond donors (Lipinski definition) is 1. The molecule has 3 nitrogen and oxygen atoms in total. The van der Waals surface area contributed by atoms with Crippen LogP contribution in [0, 0.1) is 0 Å². The van der Waals surface area contributed by atoms with Gasteiger partial charge in [-0.2, -0.15) is 0 Å². The van der Waals surface area contributed by atoms with Gasteiger partial charge in [0.2, 0.25) is 0 Å². The van der Waals surface area contributed by atoms with Crippen molar-refractivity contribution in [1.82, 2.24) is 5.32 Å². The van der Waals surface area contributed by atoms with E-state index in [0.717, 1.165) is 25.3 Å². The largest absolute Gasteiger partial charge is 0.468 e. The zero-order chi connectivity index (χ0) is 9.52. The summed E-state index contributed by atoms with van der Waals surface area (Å²) in [6.45, 7) is 3.66. The van der Waals surface area contributed by atoms with Gasteiger partial charge in [0.15, 0.2) is 0 Å². The lowest BCUT2D eigenvalue weighted by Gasteiger charge is -2.14. The fraction of sp³-hybridized carbons (Fsp3) is 0.600. The second kappa shape index (κ2) is 5.78. The smallest absolute Gasteiger partial charge is 0.117 e. The lowest BCUT2D eigenvalue weighted by molar-refractivity contribution is 0.162. The fourth-order valence-corrected chi connectivity index (χ4v) is 1.18. The molecule has 0 aromatic carbocycles. The van der Waals surface area contributed by atoms with Crippen molar-refractivity contribution in [3.8, 4) is 0 Å². The topological polar surface area (TPSA) is 34.4 Å². The van der Waals surface area contributed by atoms with Crippen molar-refractivity contribution >= 4 is 0 Å². The molecule has 3 heteroatoms. The lowest BCUT2D eigenvalue weighted by atomic mass is 10.2. The normalized spacial score (nSPS) is 13.1. The average Bonchev–Trinajstić information content (AvgIpc) is 2.64. The first kappa shape index (κ1) is 10.3. The minimum atomic E-state index is 0.412. The standard InChI is InChI=1S/C10H17NO2/c1-3-9(8-12-2)11-7-10-5-4-6-13-10/h4-6,9,11H,3,7-8H2,1-2H3/t9-/m1/s1. The Morgan fingerprint density at radius 1 is 1.62 bits per heavy atom. The molecule has 1 heterocycles. The number of methoxy groups -OCH3 is 1. The molecule has 0 saturated carbocycles. The van der Waals surface area contributed by atoms with Crippen LogP contribution in [-0.4, -0.2) is 19.8 Å². The SMILES string of the molecule is CC[C@H](COC)NCc1ccco1. The van der Waals surface area contributed by atoms with Crippen LogP contribution in [0.4, 0.5) is 0 Å². The monoisotopic (exact) mass is 183 g/mol. The zero-order valence-electron chi connectivity index (χ0n) is 8.25. The highest BCUT2D eigenvalue weighted by atomic mass is 16.5. The van der Waals surface area contributed by atoms with E-state index >= 15 is 0 Å². The van der Waals surface area contributed by atoms with Crippen LogP contribution in [0.2, 0.25) is 0 Å². The molecule has 0 fully saturated rings. The second-order valence-electron chi connectivity index (χ2n) is 3.02. The van der Waals surface area contributed by atoms with E-state index in [1.807, 2.05) is 12.1 Å². The van der Waals surface area contributed by atoms with Gasteiger partial charge < -0.3 is 14.5 Å². The summed E-state index contributed by atoms with van der Waals surface area (Å²) in [7, 11) is 1.72. The van der Waals surface area contributed by atoms with Crippen LogP contribution in [0.5, 0.6) is 0 Å². The number of furan rings is 1. The van der Waals surface area contributed by atoms with Gasteiger partial charge in [-0.25, -0.2) is 0 Å². The number of nitrogens with one attached hydrogen (secondary N) is 1. The minimum absolute atomic E-state index is 0.412. The molecule has 0 aliphatic rings. The Balaban J connectivity index is 2.23. The van der Waals surface area contributed by atoms with Crippen LogP contribution in [-0.2, 0) is 11.3 Å². The molecule has 0 saturated heterocycles. The van der Waals surface area contributed by atoms with Crippen molar-refractivity contribution in [3.05, 3.63) is 24.2 Å². The highest BCUT2D eigenvalue weighted by Crippen LogP contribution is 2.00. The predicted molar refractivity (Wildman–Crippen MR) is 51.5 cm³/mol. The van der Waals surface area contributed by atoms with E-state index in [0.29, 0.717) is 6.04 Å². The summed E-state index contributed by atoms with van der Waals surface area (Å²) in [4.78, 5) is 0. The van der Waals surface area contributed by atoms with Gasteiger partial charge in [-0.1, -0.05) is 6.92 Å². The fourth-order valence-electron chi connectivity index (χ4n) is 1.18. The van der Waals surface area contributed by atoms with Crippen LogP contribution in [0.15, 0.2) is 22.8 Å². The summed E-state index contributed by atoms with van der Waals surface area (Å²) < 4.78 is 10.3. The molecule has 0 aliphatic carbocycles. The summed E-state index contributed by atoms with van der Waals surface area (Å²) in [5, 5.41) is 3.35. The average molecular weight is 183 g/mol.